The Labute approximate surface area is 99.4 Å². The molecule has 0 aromatic heterocycles. The molecule has 0 fully saturated rings. The molecule has 1 N–H and O–H groups in total. The summed E-state index contributed by atoms with van der Waals surface area (Å²) in [5.74, 6) is 0.813. The summed E-state index contributed by atoms with van der Waals surface area (Å²) in [6.07, 6.45) is 1.58. The standard InChI is InChI=1S/C12H17BrO2/c1-3-4-11(13)12(14)9-5-7-10(15-2)8-6-9/h5-8,11-12,14H,3-4H2,1-2H3. The van der Waals surface area contributed by atoms with Gasteiger partial charge in [0, 0.05) is 4.83 Å². The third-order valence-electron chi connectivity index (χ3n) is 2.36. The van der Waals surface area contributed by atoms with E-state index in [2.05, 4.69) is 22.9 Å². The number of rotatable bonds is 5. The number of alkyl halides is 1. The number of aliphatic hydroxyl groups excluding tert-OH is 1. The van der Waals surface area contributed by atoms with Crippen molar-refractivity contribution in [3.8, 4) is 5.75 Å². The zero-order chi connectivity index (χ0) is 11.3. The van der Waals surface area contributed by atoms with Crippen molar-refractivity contribution in [3.63, 3.8) is 0 Å². The lowest BCUT2D eigenvalue weighted by molar-refractivity contribution is 0.173. The van der Waals surface area contributed by atoms with Crippen molar-refractivity contribution in [2.75, 3.05) is 7.11 Å². The van der Waals surface area contributed by atoms with E-state index in [9.17, 15) is 5.11 Å². The fraction of sp³-hybridized carbons (Fsp3) is 0.500. The van der Waals surface area contributed by atoms with Crippen molar-refractivity contribution in [3.05, 3.63) is 29.8 Å². The summed E-state index contributed by atoms with van der Waals surface area (Å²) in [7, 11) is 1.63. The van der Waals surface area contributed by atoms with Gasteiger partial charge in [-0.2, -0.15) is 0 Å². The Balaban J connectivity index is 2.69. The quantitative estimate of drug-likeness (QED) is 0.834. The maximum absolute atomic E-state index is 10.00. The van der Waals surface area contributed by atoms with Gasteiger partial charge in [0.15, 0.2) is 0 Å². The lowest BCUT2D eigenvalue weighted by Crippen LogP contribution is -2.11. The van der Waals surface area contributed by atoms with Crippen LogP contribution in [0.25, 0.3) is 0 Å². The van der Waals surface area contributed by atoms with E-state index < -0.39 is 6.10 Å². The Bertz CT molecular complexity index is 284. The summed E-state index contributed by atoms with van der Waals surface area (Å²) in [5, 5.41) is 10.00. The van der Waals surface area contributed by atoms with Crippen LogP contribution in [0.1, 0.15) is 31.4 Å². The van der Waals surface area contributed by atoms with Gasteiger partial charge in [0.25, 0.3) is 0 Å². The molecular weight excluding hydrogens is 256 g/mol. The van der Waals surface area contributed by atoms with Gasteiger partial charge in [0.05, 0.1) is 13.2 Å². The van der Waals surface area contributed by atoms with Gasteiger partial charge >= 0.3 is 0 Å². The summed E-state index contributed by atoms with van der Waals surface area (Å²) in [6, 6.07) is 7.52. The van der Waals surface area contributed by atoms with Crippen molar-refractivity contribution in [1.82, 2.24) is 0 Å². The van der Waals surface area contributed by atoms with Crippen LogP contribution in [-0.4, -0.2) is 17.0 Å². The first-order chi connectivity index (χ1) is 7.19. The summed E-state index contributed by atoms with van der Waals surface area (Å²) in [5.41, 5.74) is 0.922. The second kappa shape index (κ2) is 6.13. The predicted molar refractivity (Wildman–Crippen MR) is 65.6 cm³/mol. The number of benzene rings is 1. The highest BCUT2D eigenvalue weighted by atomic mass is 79.9. The number of aliphatic hydroxyl groups is 1. The molecule has 2 nitrogen and oxygen atoms in total. The van der Waals surface area contributed by atoms with Gasteiger partial charge < -0.3 is 9.84 Å². The van der Waals surface area contributed by atoms with Gasteiger partial charge in [-0.25, -0.2) is 0 Å². The molecule has 0 aliphatic rings. The number of ether oxygens (including phenoxy) is 1. The van der Waals surface area contributed by atoms with Crippen LogP contribution in [0.4, 0.5) is 0 Å². The first-order valence-corrected chi connectivity index (χ1v) is 6.06. The van der Waals surface area contributed by atoms with E-state index in [1.165, 1.54) is 0 Å². The Kier molecular flexibility index (Phi) is 5.12. The molecule has 1 aromatic rings. The molecule has 84 valence electrons. The Morgan fingerprint density at radius 2 is 1.93 bits per heavy atom. The smallest absolute Gasteiger partial charge is 0.118 e. The van der Waals surface area contributed by atoms with Crippen molar-refractivity contribution in [1.29, 1.82) is 0 Å². The molecule has 1 rings (SSSR count). The van der Waals surface area contributed by atoms with Gasteiger partial charge in [-0.1, -0.05) is 41.4 Å². The molecule has 0 spiro atoms. The third-order valence-corrected chi connectivity index (χ3v) is 3.32. The zero-order valence-corrected chi connectivity index (χ0v) is 10.7. The Morgan fingerprint density at radius 1 is 1.33 bits per heavy atom. The van der Waals surface area contributed by atoms with E-state index in [-0.39, 0.29) is 4.83 Å². The van der Waals surface area contributed by atoms with E-state index in [0.29, 0.717) is 0 Å². The van der Waals surface area contributed by atoms with Crippen LogP contribution in [-0.2, 0) is 0 Å². The van der Waals surface area contributed by atoms with E-state index in [0.717, 1.165) is 24.2 Å². The predicted octanol–water partition coefficient (Wildman–Crippen LogP) is 3.29. The number of hydrogen-bond acceptors (Lipinski definition) is 2. The molecule has 15 heavy (non-hydrogen) atoms. The molecule has 0 saturated heterocycles. The fourth-order valence-corrected chi connectivity index (χ4v) is 2.21. The topological polar surface area (TPSA) is 29.5 Å². The monoisotopic (exact) mass is 272 g/mol. The summed E-state index contributed by atoms with van der Waals surface area (Å²) < 4.78 is 5.06. The Morgan fingerprint density at radius 3 is 2.40 bits per heavy atom. The van der Waals surface area contributed by atoms with Gasteiger partial charge in [-0.3, -0.25) is 0 Å². The van der Waals surface area contributed by atoms with Crippen molar-refractivity contribution >= 4 is 15.9 Å². The van der Waals surface area contributed by atoms with Crippen LogP contribution < -0.4 is 4.74 Å². The molecule has 3 heteroatoms. The average molecular weight is 273 g/mol. The van der Waals surface area contributed by atoms with Crippen molar-refractivity contribution < 1.29 is 9.84 Å². The molecule has 0 bridgehead atoms. The molecule has 0 aliphatic carbocycles. The first-order valence-electron chi connectivity index (χ1n) is 5.15. The van der Waals surface area contributed by atoms with Crippen LogP contribution in [0.2, 0.25) is 0 Å². The van der Waals surface area contributed by atoms with Crippen LogP contribution in [0.3, 0.4) is 0 Å². The minimum Gasteiger partial charge on any atom is -0.497 e. The van der Waals surface area contributed by atoms with Gasteiger partial charge in [0.2, 0.25) is 0 Å². The van der Waals surface area contributed by atoms with Crippen LogP contribution in [0, 0.1) is 0 Å². The van der Waals surface area contributed by atoms with E-state index in [4.69, 9.17) is 4.74 Å². The molecule has 1 aromatic carbocycles. The largest absolute Gasteiger partial charge is 0.497 e. The van der Waals surface area contributed by atoms with Gasteiger partial charge in [-0.15, -0.1) is 0 Å². The van der Waals surface area contributed by atoms with Crippen molar-refractivity contribution in [2.24, 2.45) is 0 Å². The van der Waals surface area contributed by atoms with E-state index >= 15 is 0 Å². The highest BCUT2D eigenvalue weighted by Gasteiger charge is 2.16. The SMILES string of the molecule is CCCC(Br)C(O)c1ccc(OC)cc1. The second-order valence-corrected chi connectivity index (χ2v) is 4.70. The number of hydrogen-bond donors (Lipinski definition) is 1. The minimum absolute atomic E-state index is 0.121. The molecule has 2 atom stereocenters. The molecule has 0 radical (unpaired) electrons. The molecule has 0 heterocycles. The molecular formula is C12H17BrO2. The highest BCUT2D eigenvalue weighted by molar-refractivity contribution is 9.09. The summed E-state index contributed by atoms with van der Waals surface area (Å²) >= 11 is 3.49. The molecule has 0 amide bonds. The normalized spacial score (nSPS) is 14.7. The maximum atomic E-state index is 10.00. The lowest BCUT2D eigenvalue weighted by atomic mass is 10.0. The van der Waals surface area contributed by atoms with Crippen LogP contribution >= 0.6 is 15.9 Å². The molecule has 0 saturated carbocycles. The lowest BCUT2D eigenvalue weighted by Gasteiger charge is -2.17. The van der Waals surface area contributed by atoms with Gasteiger partial charge in [-0.05, 0) is 24.1 Å². The Hall–Kier alpha value is -0.540. The average Bonchev–Trinajstić information content (AvgIpc) is 2.28. The van der Waals surface area contributed by atoms with Crippen molar-refractivity contribution in [2.45, 2.75) is 30.7 Å². The number of halogens is 1. The number of methoxy groups -OCH3 is 1. The first kappa shape index (κ1) is 12.5. The van der Waals surface area contributed by atoms with Crippen LogP contribution in [0.5, 0.6) is 5.75 Å². The minimum atomic E-state index is -0.448. The maximum Gasteiger partial charge on any atom is 0.118 e. The van der Waals surface area contributed by atoms with E-state index in [1.807, 2.05) is 24.3 Å². The third kappa shape index (κ3) is 3.50. The van der Waals surface area contributed by atoms with E-state index in [1.54, 1.807) is 7.11 Å². The van der Waals surface area contributed by atoms with Gasteiger partial charge in [0.1, 0.15) is 5.75 Å². The fourth-order valence-electron chi connectivity index (χ4n) is 1.44. The molecule has 2 unspecified atom stereocenters. The summed E-state index contributed by atoms with van der Waals surface area (Å²) in [6.45, 7) is 2.11. The zero-order valence-electron chi connectivity index (χ0n) is 9.11. The second-order valence-electron chi connectivity index (χ2n) is 3.52. The molecule has 0 aliphatic heterocycles. The summed E-state index contributed by atoms with van der Waals surface area (Å²) in [4.78, 5) is 0.121. The van der Waals surface area contributed by atoms with Crippen LogP contribution in [0.15, 0.2) is 24.3 Å². The highest BCUT2D eigenvalue weighted by Crippen LogP contribution is 2.27.